The number of hydrogen-bond acceptors (Lipinski definition) is 5. The fraction of sp³-hybridized carbons (Fsp3) is 0.400. The van der Waals surface area contributed by atoms with Gasteiger partial charge in [-0.05, 0) is 24.3 Å². The highest BCUT2D eigenvalue weighted by Crippen LogP contribution is 2.36. The summed E-state index contributed by atoms with van der Waals surface area (Å²) in [5, 5.41) is 11.7. The minimum absolute atomic E-state index is 0.0290. The van der Waals surface area contributed by atoms with Crippen molar-refractivity contribution in [1.82, 2.24) is 15.7 Å². The summed E-state index contributed by atoms with van der Waals surface area (Å²) in [5.41, 5.74) is 6.18. The molecule has 1 aliphatic heterocycles. The second-order valence-electron chi connectivity index (χ2n) is 7.35. The Balaban J connectivity index is 2.52. The fourth-order valence-corrected chi connectivity index (χ4v) is 3.72. The van der Waals surface area contributed by atoms with Crippen LogP contribution in [0.4, 0.5) is 4.79 Å². The minimum atomic E-state index is -1.93. The average Bonchev–Trinajstić information content (AvgIpc) is 3.02. The molecule has 2 atom stereocenters. The summed E-state index contributed by atoms with van der Waals surface area (Å²) in [6, 6.07) is 8.46. The van der Waals surface area contributed by atoms with Gasteiger partial charge in [-0.25, -0.2) is 15.2 Å². The zero-order chi connectivity index (χ0) is 21.6. The molecule has 9 nitrogen and oxygen atoms in total. The lowest BCUT2D eigenvalue weighted by molar-refractivity contribution is -0.152. The number of nitrogens with one attached hydrogen (secondary N) is 2. The molecule has 2 rings (SSSR count). The van der Waals surface area contributed by atoms with Gasteiger partial charge in [-0.2, -0.15) is 0 Å². The molecule has 0 bridgehead atoms. The van der Waals surface area contributed by atoms with E-state index in [2.05, 4.69) is 5.32 Å². The predicted octanol–water partition coefficient (Wildman–Crippen LogP) is 1.03. The van der Waals surface area contributed by atoms with Gasteiger partial charge in [-0.1, -0.05) is 56.3 Å². The lowest BCUT2D eigenvalue weighted by atomic mass is 9.73. The number of rotatable bonds is 9. The van der Waals surface area contributed by atoms with Crippen molar-refractivity contribution in [2.45, 2.75) is 32.2 Å². The Kier molecular flexibility index (Phi) is 7.11. The number of carbonyl (C=O) groups is 4. The number of urea groups is 1. The summed E-state index contributed by atoms with van der Waals surface area (Å²) >= 11 is 0. The van der Waals surface area contributed by atoms with Crippen LogP contribution in [-0.2, 0) is 14.4 Å². The molecule has 5 amide bonds. The van der Waals surface area contributed by atoms with Crippen molar-refractivity contribution in [3.63, 3.8) is 0 Å². The quantitative estimate of drug-likeness (QED) is 0.277. The number of nitrogens with two attached hydrogens (primary N) is 1. The standard InChI is InChI=1S/C20H26N4O5/c1-13(2)11-20(18(21)27,24-16(25)12-22-19(24)28)15(17(26)23-29)10-6-9-14-7-4-3-5-8-14/h3-9,13,15,29H,10-12H2,1-2H3,(H2,21,27)(H,22,28)(H,23,26)/b9-6+/t15-,20-/m1/s1. The number of imide groups is 1. The predicted molar refractivity (Wildman–Crippen MR) is 105 cm³/mol. The molecule has 0 saturated carbocycles. The van der Waals surface area contributed by atoms with Crippen molar-refractivity contribution < 1.29 is 24.4 Å². The first-order valence-corrected chi connectivity index (χ1v) is 9.30. The molecular formula is C20H26N4O5. The van der Waals surface area contributed by atoms with E-state index in [0.29, 0.717) is 0 Å². The van der Waals surface area contributed by atoms with Gasteiger partial charge in [-0.3, -0.25) is 19.6 Å². The number of benzene rings is 1. The molecule has 0 aromatic heterocycles. The molecule has 5 N–H and O–H groups in total. The highest BCUT2D eigenvalue weighted by atomic mass is 16.5. The van der Waals surface area contributed by atoms with E-state index in [1.807, 2.05) is 30.3 Å². The number of nitrogens with zero attached hydrogens (tertiary/aromatic N) is 1. The molecule has 1 aromatic rings. The number of primary amides is 1. The SMILES string of the molecule is CC(C)C[C@](C(N)=O)([C@H](C/C=C/c1ccccc1)C(=O)NO)N1C(=O)CNC1=O. The molecule has 1 fully saturated rings. The van der Waals surface area contributed by atoms with Crippen LogP contribution < -0.4 is 16.5 Å². The van der Waals surface area contributed by atoms with E-state index in [9.17, 15) is 24.4 Å². The third kappa shape index (κ3) is 4.62. The molecular weight excluding hydrogens is 376 g/mol. The van der Waals surface area contributed by atoms with E-state index >= 15 is 0 Å². The number of hydroxylamine groups is 1. The molecule has 1 saturated heterocycles. The minimum Gasteiger partial charge on any atom is -0.368 e. The Hall–Kier alpha value is -3.20. The van der Waals surface area contributed by atoms with Gasteiger partial charge >= 0.3 is 6.03 Å². The summed E-state index contributed by atoms with van der Waals surface area (Å²) in [6.45, 7) is 3.27. The van der Waals surface area contributed by atoms with Crippen LogP contribution in [-0.4, -0.2) is 45.9 Å². The fourth-order valence-electron chi connectivity index (χ4n) is 3.72. The first-order valence-electron chi connectivity index (χ1n) is 9.30. The Bertz CT molecular complexity index is 792. The summed E-state index contributed by atoms with van der Waals surface area (Å²) in [5.74, 6) is -4.01. The zero-order valence-electron chi connectivity index (χ0n) is 16.4. The Morgan fingerprint density at radius 1 is 1.31 bits per heavy atom. The highest BCUT2D eigenvalue weighted by molar-refractivity contribution is 6.08. The van der Waals surface area contributed by atoms with E-state index in [1.54, 1.807) is 31.5 Å². The largest absolute Gasteiger partial charge is 0.368 e. The van der Waals surface area contributed by atoms with Gasteiger partial charge in [0.25, 0.3) is 5.91 Å². The molecule has 1 aliphatic rings. The summed E-state index contributed by atoms with van der Waals surface area (Å²) < 4.78 is 0. The van der Waals surface area contributed by atoms with E-state index in [4.69, 9.17) is 5.73 Å². The number of allylic oxidation sites excluding steroid dienone is 1. The van der Waals surface area contributed by atoms with Crippen LogP contribution in [0.25, 0.3) is 6.08 Å². The maximum Gasteiger partial charge on any atom is 0.325 e. The van der Waals surface area contributed by atoms with Crippen molar-refractivity contribution in [1.29, 1.82) is 0 Å². The molecule has 156 valence electrons. The Morgan fingerprint density at radius 3 is 2.45 bits per heavy atom. The second kappa shape index (κ2) is 9.33. The summed E-state index contributed by atoms with van der Waals surface area (Å²) in [4.78, 5) is 50.9. The van der Waals surface area contributed by atoms with Crippen LogP contribution in [0.2, 0.25) is 0 Å². The Labute approximate surface area is 168 Å². The average molecular weight is 402 g/mol. The van der Waals surface area contributed by atoms with E-state index in [0.717, 1.165) is 10.5 Å². The molecule has 29 heavy (non-hydrogen) atoms. The summed E-state index contributed by atoms with van der Waals surface area (Å²) in [7, 11) is 0. The maximum absolute atomic E-state index is 12.7. The van der Waals surface area contributed by atoms with Crippen LogP contribution >= 0.6 is 0 Å². The molecule has 0 spiro atoms. The molecule has 0 radical (unpaired) electrons. The van der Waals surface area contributed by atoms with Crippen molar-refractivity contribution in [2.24, 2.45) is 17.6 Å². The molecule has 0 aliphatic carbocycles. The number of carbonyl (C=O) groups excluding carboxylic acids is 4. The van der Waals surface area contributed by atoms with Crippen molar-refractivity contribution in [3.05, 3.63) is 42.0 Å². The first kappa shape index (κ1) is 22.1. The third-order valence-corrected chi connectivity index (χ3v) is 4.87. The van der Waals surface area contributed by atoms with Gasteiger partial charge in [0, 0.05) is 0 Å². The number of hydrogen-bond donors (Lipinski definition) is 4. The lowest BCUT2D eigenvalue weighted by Gasteiger charge is -2.42. The summed E-state index contributed by atoms with van der Waals surface area (Å²) in [6.07, 6.45) is 3.32. The smallest absolute Gasteiger partial charge is 0.325 e. The number of amides is 5. The van der Waals surface area contributed by atoms with Gasteiger partial charge in [-0.15, -0.1) is 0 Å². The third-order valence-electron chi connectivity index (χ3n) is 4.87. The molecule has 0 unspecified atom stereocenters. The van der Waals surface area contributed by atoms with Gasteiger partial charge in [0.2, 0.25) is 11.8 Å². The molecule has 9 heteroatoms. The van der Waals surface area contributed by atoms with Crippen molar-refractivity contribution >= 4 is 29.8 Å². The lowest BCUT2D eigenvalue weighted by Crippen LogP contribution is -2.67. The highest BCUT2D eigenvalue weighted by Gasteiger charge is 2.57. The van der Waals surface area contributed by atoms with Gasteiger partial charge in [0.15, 0.2) is 0 Å². The topological polar surface area (TPSA) is 142 Å². The molecule has 1 heterocycles. The van der Waals surface area contributed by atoms with Crippen LogP contribution in [0.15, 0.2) is 36.4 Å². The second-order valence-corrected chi connectivity index (χ2v) is 7.35. The van der Waals surface area contributed by atoms with Crippen LogP contribution in [0.5, 0.6) is 0 Å². The zero-order valence-corrected chi connectivity index (χ0v) is 16.4. The molecule has 1 aromatic carbocycles. The van der Waals surface area contributed by atoms with Gasteiger partial charge < -0.3 is 11.1 Å². The van der Waals surface area contributed by atoms with Gasteiger partial charge in [0.1, 0.15) is 5.54 Å². The van der Waals surface area contributed by atoms with Crippen molar-refractivity contribution in [3.8, 4) is 0 Å². The monoisotopic (exact) mass is 402 g/mol. The maximum atomic E-state index is 12.7. The van der Waals surface area contributed by atoms with E-state index < -0.39 is 35.2 Å². The van der Waals surface area contributed by atoms with Crippen LogP contribution in [0, 0.1) is 11.8 Å². The van der Waals surface area contributed by atoms with Crippen molar-refractivity contribution in [2.75, 3.05) is 6.54 Å². The van der Waals surface area contributed by atoms with E-state index in [-0.39, 0.29) is 25.3 Å². The first-order chi connectivity index (χ1) is 13.7. The van der Waals surface area contributed by atoms with Gasteiger partial charge in [0.05, 0.1) is 12.5 Å². The van der Waals surface area contributed by atoms with Crippen LogP contribution in [0.1, 0.15) is 32.3 Å². The van der Waals surface area contributed by atoms with Crippen LogP contribution in [0.3, 0.4) is 0 Å². The Morgan fingerprint density at radius 2 is 1.97 bits per heavy atom. The normalized spacial score (nSPS) is 17.3. The van der Waals surface area contributed by atoms with E-state index in [1.165, 1.54) is 0 Å².